The number of nitrogens with zero attached hydrogens (tertiary/aromatic N) is 1. The van der Waals surface area contributed by atoms with E-state index in [1.54, 1.807) is 18.2 Å². The summed E-state index contributed by atoms with van der Waals surface area (Å²) in [5.41, 5.74) is 0.478. The van der Waals surface area contributed by atoms with Gasteiger partial charge in [0.15, 0.2) is 18.1 Å². The summed E-state index contributed by atoms with van der Waals surface area (Å²) in [6.45, 7) is 0.953. The Balaban J connectivity index is 1.37. The van der Waals surface area contributed by atoms with Gasteiger partial charge in [0.2, 0.25) is 5.43 Å². The highest BCUT2D eigenvalue weighted by Crippen LogP contribution is 2.35. The Hall–Kier alpha value is -4.21. The first-order valence-electron chi connectivity index (χ1n) is 11.1. The monoisotopic (exact) mass is 481 g/mol. The van der Waals surface area contributed by atoms with Crippen LogP contribution in [-0.2, 0) is 14.3 Å². The first-order valence-corrected chi connectivity index (χ1v) is 11.1. The molecule has 10 heteroatoms. The number of likely N-dealkylation sites (tertiary alicyclic amines) is 1. The van der Waals surface area contributed by atoms with Crippen molar-refractivity contribution < 1.29 is 38.1 Å². The second-order valence-electron chi connectivity index (χ2n) is 8.21. The van der Waals surface area contributed by atoms with Crippen molar-refractivity contribution in [2.45, 2.75) is 18.9 Å². The Kier molecular flexibility index (Phi) is 5.94. The van der Waals surface area contributed by atoms with Crippen LogP contribution in [0.25, 0.3) is 22.1 Å². The minimum absolute atomic E-state index is 0.0126. The number of hydrogen-bond donors (Lipinski definition) is 1. The Labute approximate surface area is 199 Å². The summed E-state index contributed by atoms with van der Waals surface area (Å²) >= 11 is 0. The number of carbonyl (C=O) groups excluding carboxylic acids is 2. The van der Waals surface area contributed by atoms with E-state index >= 15 is 0 Å². The van der Waals surface area contributed by atoms with Gasteiger partial charge in [0.25, 0.3) is 5.91 Å². The summed E-state index contributed by atoms with van der Waals surface area (Å²) in [6.07, 6.45) is 2.53. The third-order valence-corrected chi connectivity index (χ3v) is 6.09. The van der Waals surface area contributed by atoms with Crippen LogP contribution in [-0.4, -0.2) is 61.4 Å². The normalized spacial score (nSPS) is 16.8. The topological polar surface area (TPSA) is 125 Å². The van der Waals surface area contributed by atoms with Gasteiger partial charge < -0.3 is 33.4 Å². The van der Waals surface area contributed by atoms with Gasteiger partial charge in [-0.2, -0.15) is 0 Å². The van der Waals surface area contributed by atoms with Crippen molar-refractivity contribution in [3.05, 3.63) is 46.8 Å². The Morgan fingerprint density at radius 1 is 1.14 bits per heavy atom. The largest absolute Gasteiger partial charge is 0.507 e. The van der Waals surface area contributed by atoms with Gasteiger partial charge >= 0.3 is 5.97 Å². The lowest BCUT2D eigenvalue weighted by Crippen LogP contribution is -2.43. The number of phenols is 1. The van der Waals surface area contributed by atoms with Crippen molar-refractivity contribution in [1.82, 2.24) is 4.90 Å². The molecule has 35 heavy (non-hydrogen) atoms. The molecule has 1 atom stereocenters. The molecule has 2 aliphatic heterocycles. The molecule has 1 fully saturated rings. The molecule has 10 nitrogen and oxygen atoms in total. The van der Waals surface area contributed by atoms with E-state index in [4.69, 9.17) is 23.4 Å². The summed E-state index contributed by atoms with van der Waals surface area (Å²) in [5, 5.41) is 10.6. The summed E-state index contributed by atoms with van der Waals surface area (Å²) in [4.78, 5) is 39.1. The fourth-order valence-corrected chi connectivity index (χ4v) is 4.38. The highest BCUT2D eigenvalue weighted by molar-refractivity contribution is 5.89. The minimum Gasteiger partial charge on any atom is -0.507 e. The molecule has 1 amide bonds. The lowest BCUT2D eigenvalue weighted by Gasteiger charge is -2.22. The number of hydrogen-bond acceptors (Lipinski definition) is 9. The number of ether oxygens (including phenoxy) is 4. The third kappa shape index (κ3) is 4.23. The van der Waals surface area contributed by atoms with Crippen LogP contribution in [0, 0.1) is 0 Å². The van der Waals surface area contributed by atoms with Crippen molar-refractivity contribution in [3.8, 4) is 34.1 Å². The standard InChI is InChI=1S/C25H23NO9/c1-31-25(30)17-3-2-6-26(17)22(28)13-34-15-10-18(27)23-21(11-15)35-12-16(24(23)29)14-4-5-19-20(9-14)33-8-7-32-19/h4-5,9-12,17,27H,2-3,6-8,13H2,1H3/t17-/m0/s1. The summed E-state index contributed by atoms with van der Waals surface area (Å²) < 4.78 is 27.0. The molecule has 0 radical (unpaired) electrons. The lowest BCUT2D eigenvalue weighted by molar-refractivity contribution is -0.151. The molecule has 0 saturated carbocycles. The fraction of sp³-hybridized carbons (Fsp3) is 0.320. The summed E-state index contributed by atoms with van der Waals surface area (Å²) in [7, 11) is 1.28. The first-order chi connectivity index (χ1) is 17.0. The Bertz CT molecular complexity index is 1360. The predicted molar refractivity (Wildman–Crippen MR) is 123 cm³/mol. The molecule has 2 aromatic carbocycles. The van der Waals surface area contributed by atoms with Crippen LogP contribution in [0.4, 0.5) is 0 Å². The van der Waals surface area contributed by atoms with E-state index < -0.39 is 17.4 Å². The van der Waals surface area contributed by atoms with E-state index in [1.165, 1.54) is 30.4 Å². The molecule has 0 unspecified atom stereocenters. The average molecular weight is 481 g/mol. The Morgan fingerprint density at radius 3 is 2.74 bits per heavy atom. The van der Waals surface area contributed by atoms with Crippen LogP contribution < -0.4 is 19.6 Å². The average Bonchev–Trinajstić information content (AvgIpc) is 3.37. The first kappa shape index (κ1) is 22.6. The van der Waals surface area contributed by atoms with Crippen molar-refractivity contribution in [3.63, 3.8) is 0 Å². The maximum absolute atomic E-state index is 13.2. The van der Waals surface area contributed by atoms with E-state index in [0.29, 0.717) is 49.7 Å². The zero-order valence-electron chi connectivity index (χ0n) is 18.9. The van der Waals surface area contributed by atoms with Gasteiger partial charge in [0.1, 0.15) is 48.0 Å². The van der Waals surface area contributed by atoms with E-state index in [0.717, 1.165) is 0 Å². The lowest BCUT2D eigenvalue weighted by atomic mass is 10.0. The molecule has 0 aliphatic carbocycles. The van der Waals surface area contributed by atoms with Crippen LogP contribution in [0.1, 0.15) is 12.8 Å². The number of rotatable bonds is 5. The third-order valence-electron chi connectivity index (χ3n) is 6.09. The number of methoxy groups -OCH3 is 1. The maximum Gasteiger partial charge on any atom is 0.328 e. The summed E-state index contributed by atoms with van der Waals surface area (Å²) in [5.74, 6) is 0.0799. The quantitative estimate of drug-likeness (QED) is 0.547. The van der Waals surface area contributed by atoms with Crippen molar-refractivity contribution in [2.75, 3.05) is 33.5 Å². The molecule has 1 saturated heterocycles. The molecule has 2 aliphatic rings. The highest BCUT2D eigenvalue weighted by Gasteiger charge is 2.35. The zero-order chi connectivity index (χ0) is 24.5. The predicted octanol–water partition coefficient (Wildman–Crippen LogP) is 2.48. The molecule has 182 valence electrons. The number of phenolic OH excluding ortho intramolecular Hbond substituents is 1. The van der Waals surface area contributed by atoms with Gasteiger partial charge in [0, 0.05) is 18.7 Å². The van der Waals surface area contributed by atoms with Crippen LogP contribution in [0.3, 0.4) is 0 Å². The maximum atomic E-state index is 13.2. The number of aromatic hydroxyl groups is 1. The number of amides is 1. The van der Waals surface area contributed by atoms with Gasteiger partial charge in [-0.05, 0) is 30.5 Å². The van der Waals surface area contributed by atoms with Crippen LogP contribution in [0.2, 0.25) is 0 Å². The molecule has 3 aromatic rings. The van der Waals surface area contributed by atoms with Crippen molar-refractivity contribution in [1.29, 1.82) is 0 Å². The smallest absolute Gasteiger partial charge is 0.328 e. The van der Waals surface area contributed by atoms with E-state index in [9.17, 15) is 19.5 Å². The summed E-state index contributed by atoms with van der Waals surface area (Å²) in [6, 6.07) is 7.17. The van der Waals surface area contributed by atoms with Crippen molar-refractivity contribution >= 4 is 22.8 Å². The molecular formula is C25H23NO9. The Morgan fingerprint density at radius 2 is 1.94 bits per heavy atom. The van der Waals surface area contributed by atoms with Gasteiger partial charge in [-0.25, -0.2) is 4.79 Å². The number of esters is 1. The van der Waals surface area contributed by atoms with Gasteiger partial charge in [0.05, 0.1) is 12.7 Å². The van der Waals surface area contributed by atoms with E-state index in [2.05, 4.69) is 0 Å². The highest BCUT2D eigenvalue weighted by atomic mass is 16.6. The number of carbonyl (C=O) groups is 2. The number of fused-ring (bicyclic) bond motifs is 2. The molecule has 0 bridgehead atoms. The zero-order valence-corrected chi connectivity index (χ0v) is 18.9. The SMILES string of the molecule is COC(=O)[C@@H]1CCCN1C(=O)COc1cc(O)c2c(=O)c(-c3ccc4c(c3)OCCO4)coc2c1. The van der Waals surface area contributed by atoms with Gasteiger partial charge in [-0.15, -0.1) is 0 Å². The molecular weight excluding hydrogens is 458 g/mol. The van der Waals surface area contributed by atoms with Crippen LogP contribution in [0.5, 0.6) is 23.0 Å². The van der Waals surface area contributed by atoms with Crippen LogP contribution in [0.15, 0.2) is 45.8 Å². The number of benzene rings is 2. The molecule has 5 rings (SSSR count). The molecule has 1 aromatic heterocycles. The van der Waals surface area contributed by atoms with Crippen LogP contribution >= 0.6 is 0 Å². The van der Waals surface area contributed by atoms with Gasteiger partial charge in [-0.1, -0.05) is 6.07 Å². The van der Waals surface area contributed by atoms with Crippen molar-refractivity contribution in [2.24, 2.45) is 0 Å². The second kappa shape index (κ2) is 9.21. The van der Waals surface area contributed by atoms with E-state index in [-0.39, 0.29) is 40.5 Å². The molecule has 1 N–H and O–H groups in total. The fourth-order valence-electron chi connectivity index (χ4n) is 4.38. The van der Waals surface area contributed by atoms with Gasteiger partial charge in [-0.3, -0.25) is 9.59 Å². The minimum atomic E-state index is -0.627. The van der Waals surface area contributed by atoms with E-state index in [1.807, 2.05) is 0 Å². The second-order valence-corrected chi connectivity index (χ2v) is 8.21. The molecule has 3 heterocycles. The molecule has 0 spiro atoms.